The molecule has 0 aromatic heterocycles. The Balaban J connectivity index is 1.08. The Hall–Kier alpha value is -8.12. The van der Waals surface area contributed by atoms with Crippen molar-refractivity contribution in [2.75, 3.05) is 21.3 Å². The lowest BCUT2D eigenvalue weighted by molar-refractivity contribution is 0.250. The van der Waals surface area contributed by atoms with Crippen LogP contribution in [0.1, 0.15) is 22.3 Å². The third-order valence-corrected chi connectivity index (χ3v) is 10.9. The summed E-state index contributed by atoms with van der Waals surface area (Å²) in [5.74, 6) is 0. The van der Waals surface area contributed by atoms with Gasteiger partial charge in [-0.05, 0) is 89.6 Å². The lowest BCUT2D eigenvalue weighted by Crippen LogP contribution is -2.31. The van der Waals surface area contributed by atoms with E-state index in [0.717, 1.165) is 65.3 Å². The van der Waals surface area contributed by atoms with Crippen molar-refractivity contribution in [1.29, 1.82) is 0 Å². The normalized spacial score (nSPS) is 14.3. The smallest absolute Gasteiger partial charge is 0.319 e. The molecule has 0 fully saturated rings. The minimum absolute atomic E-state index is 0.204. The molecule has 4 bridgehead atoms. The number of hydrogen-bond acceptors (Lipinski definition) is 4. The van der Waals surface area contributed by atoms with Crippen molar-refractivity contribution in [3.63, 3.8) is 0 Å². The van der Waals surface area contributed by atoms with Crippen LogP contribution in [-0.2, 0) is 26.2 Å². The lowest BCUT2D eigenvalue weighted by Gasteiger charge is -2.19. The van der Waals surface area contributed by atoms with Gasteiger partial charge >= 0.3 is 24.1 Å². The van der Waals surface area contributed by atoms with Gasteiger partial charge in [-0.3, -0.25) is 0 Å². The Kier molecular flexibility index (Phi) is 10.2. The fourth-order valence-electron chi connectivity index (χ4n) is 8.12. The summed E-state index contributed by atoms with van der Waals surface area (Å²) >= 11 is 0. The molecule has 12 nitrogen and oxygen atoms in total. The zero-order chi connectivity index (χ0) is 41.0. The molecular weight excluding hydrogens is 753 g/mol. The van der Waals surface area contributed by atoms with Crippen LogP contribution in [0.25, 0.3) is 43.1 Å². The molecule has 8 aromatic carbocycles. The van der Waals surface area contributed by atoms with Gasteiger partial charge in [0.05, 0.1) is 22.7 Å². The Labute approximate surface area is 344 Å². The summed E-state index contributed by atoms with van der Waals surface area (Å²) in [5, 5.41) is 31.2. The Morgan fingerprint density at radius 2 is 0.417 bits per heavy atom. The van der Waals surface area contributed by atoms with E-state index in [1.807, 2.05) is 97.1 Å². The molecular formula is C48H40N8O4. The second kappa shape index (κ2) is 16.4. The lowest BCUT2D eigenvalue weighted by atomic mass is 9.91. The number of hydrogen-bond donors (Lipinski definition) is 8. The van der Waals surface area contributed by atoms with Gasteiger partial charge in [0.1, 0.15) is 0 Å². The summed E-state index contributed by atoms with van der Waals surface area (Å²) in [6.07, 6.45) is 0. The van der Waals surface area contributed by atoms with Crippen molar-refractivity contribution >= 4 is 90.0 Å². The van der Waals surface area contributed by atoms with E-state index in [0.29, 0.717) is 22.7 Å². The van der Waals surface area contributed by atoms with Gasteiger partial charge in [-0.2, -0.15) is 0 Å². The minimum atomic E-state index is -0.447. The number of benzene rings is 8. The van der Waals surface area contributed by atoms with Crippen LogP contribution in [0.4, 0.5) is 41.9 Å². The van der Waals surface area contributed by atoms with Crippen LogP contribution in [0, 0.1) is 0 Å². The van der Waals surface area contributed by atoms with E-state index >= 15 is 0 Å². The van der Waals surface area contributed by atoms with Crippen LogP contribution < -0.4 is 42.5 Å². The van der Waals surface area contributed by atoms with Crippen molar-refractivity contribution in [2.45, 2.75) is 26.2 Å². The number of amides is 8. The minimum Gasteiger partial charge on any atom is -0.334 e. The van der Waals surface area contributed by atoms with Crippen molar-refractivity contribution < 1.29 is 19.2 Å². The van der Waals surface area contributed by atoms with Crippen LogP contribution in [0.5, 0.6) is 0 Å². The highest BCUT2D eigenvalue weighted by molar-refractivity contribution is 6.08. The first-order valence-corrected chi connectivity index (χ1v) is 19.6. The van der Waals surface area contributed by atoms with E-state index in [4.69, 9.17) is 0 Å². The molecule has 296 valence electrons. The standard InChI is InChI=1S/C48H40N8O4/c57-45-49-25-37-29-13-1-2-14-30(29)38(32-16-4-3-15-31(32)37)26-50-46(58)54-43-23-11-12-24-44(43)56-48(60)52-28-40-35-19-7-5-17-33(35)39(34-18-6-8-20-36(34)40)27-51-47(59)55-42-22-10-9-21-41(42)53-45/h1-24H,25-28H2,(H2,49,53,57)(H2,50,54,58)(H2,51,55,59)(H2,52,56,60). The molecule has 0 unspecified atom stereocenters. The molecule has 1 aliphatic rings. The molecule has 0 aliphatic carbocycles. The van der Waals surface area contributed by atoms with E-state index in [1.165, 1.54) is 0 Å². The quantitative estimate of drug-likeness (QED) is 0.0718. The van der Waals surface area contributed by atoms with Crippen molar-refractivity contribution in [3.05, 3.63) is 168 Å². The predicted octanol–water partition coefficient (Wildman–Crippen LogP) is 9.90. The van der Waals surface area contributed by atoms with Gasteiger partial charge in [0, 0.05) is 26.2 Å². The van der Waals surface area contributed by atoms with Gasteiger partial charge in [-0.25, -0.2) is 19.2 Å². The number of para-hydroxylation sites is 4. The van der Waals surface area contributed by atoms with E-state index in [1.54, 1.807) is 48.5 Å². The summed E-state index contributed by atoms with van der Waals surface area (Å²) in [6.45, 7) is 0.814. The average Bonchev–Trinajstić information content (AvgIpc) is 3.27. The number of anilines is 4. The maximum atomic E-state index is 13.5. The highest BCUT2D eigenvalue weighted by Gasteiger charge is 2.19. The van der Waals surface area contributed by atoms with Gasteiger partial charge < -0.3 is 42.5 Å². The second-order valence-electron chi connectivity index (χ2n) is 14.4. The average molecular weight is 793 g/mol. The van der Waals surface area contributed by atoms with Gasteiger partial charge in [0.15, 0.2) is 0 Å². The van der Waals surface area contributed by atoms with Crippen LogP contribution in [-0.4, -0.2) is 24.1 Å². The van der Waals surface area contributed by atoms with Crippen LogP contribution >= 0.6 is 0 Å². The van der Waals surface area contributed by atoms with Gasteiger partial charge in [0.2, 0.25) is 0 Å². The molecule has 0 saturated carbocycles. The number of carbonyl (C=O) groups excluding carboxylic acids is 4. The third-order valence-electron chi connectivity index (χ3n) is 10.9. The maximum Gasteiger partial charge on any atom is 0.319 e. The first-order valence-electron chi connectivity index (χ1n) is 19.6. The second-order valence-corrected chi connectivity index (χ2v) is 14.4. The molecule has 8 N–H and O–H groups in total. The van der Waals surface area contributed by atoms with E-state index in [2.05, 4.69) is 42.5 Å². The highest BCUT2D eigenvalue weighted by atomic mass is 16.2. The predicted molar refractivity (Wildman–Crippen MR) is 239 cm³/mol. The van der Waals surface area contributed by atoms with Crippen molar-refractivity contribution in [3.8, 4) is 0 Å². The maximum absolute atomic E-state index is 13.5. The summed E-state index contributed by atoms with van der Waals surface area (Å²) < 4.78 is 0. The first-order chi connectivity index (χ1) is 29.4. The van der Waals surface area contributed by atoms with Gasteiger partial charge in [-0.1, -0.05) is 121 Å². The molecule has 12 heteroatoms. The Morgan fingerprint density at radius 1 is 0.250 bits per heavy atom. The van der Waals surface area contributed by atoms with Crippen LogP contribution in [0.15, 0.2) is 146 Å². The molecule has 8 aromatic rings. The number of rotatable bonds is 0. The van der Waals surface area contributed by atoms with E-state index < -0.39 is 24.1 Å². The number of carbonyl (C=O) groups is 4. The largest absolute Gasteiger partial charge is 0.334 e. The molecule has 0 spiro atoms. The fraction of sp³-hybridized carbons (Fsp3) is 0.0833. The zero-order valence-corrected chi connectivity index (χ0v) is 32.3. The summed E-state index contributed by atoms with van der Waals surface area (Å²) in [7, 11) is 0. The third kappa shape index (κ3) is 7.52. The molecule has 0 saturated heterocycles. The molecule has 0 radical (unpaired) electrons. The Bertz CT molecular complexity index is 2490. The fourth-order valence-corrected chi connectivity index (χ4v) is 8.12. The van der Waals surface area contributed by atoms with Crippen LogP contribution in [0.2, 0.25) is 0 Å². The van der Waals surface area contributed by atoms with E-state index in [-0.39, 0.29) is 26.2 Å². The van der Waals surface area contributed by atoms with E-state index in [9.17, 15) is 19.2 Å². The summed E-state index contributed by atoms with van der Waals surface area (Å²) in [4.78, 5) is 54.2. The van der Waals surface area contributed by atoms with Crippen LogP contribution in [0.3, 0.4) is 0 Å². The summed E-state index contributed by atoms with van der Waals surface area (Å²) in [6, 6.07) is 43.8. The SMILES string of the molecule is O=C1NCc2c3ccccc3c(c3ccccc23)CNC(=O)Nc2ccccc2NC(=O)NCc2c3ccccc3c(c3ccccc23)CNC(=O)Nc2ccccc2N1. The first kappa shape index (κ1) is 37.5. The molecule has 60 heavy (non-hydrogen) atoms. The number of nitrogens with one attached hydrogen (secondary N) is 8. The van der Waals surface area contributed by atoms with Crippen molar-refractivity contribution in [2.24, 2.45) is 0 Å². The molecule has 1 aliphatic heterocycles. The zero-order valence-electron chi connectivity index (χ0n) is 32.3. The topological polar surface area (TPSA) is 165 Å². The van der Waals surface area contributed by atoms with Gasteiger partial charge in [0.25, 0.3) is 0 Å². The summed E-state index contributed by atoms with van der Waals surface area (Å²) in [5.41, 5.74) is 5.34. The van der Waals surface area contributed by atoms with Gasteiger partial charge in [-0.15, -0.1) is 0 Å². The molecule has 0 atom stereocenters. The monoisotopic (exact) mass is 792 g/mol. The van der Waals surface area contributed by atoms with Crippen molar-refractivity contribution in [1.82, 2.24) is 21.3 Å². The molecule has 1 heterocycles. The molecule has 8 amide bonds. The number of fused-ring (bicyclic) bond motifs is 8. The Morgan fingerprint density at radius 3 is 0.600 bits per heavy atom. The highest BCUT2D eigenvalue weighted by Crippen LogP contribution is 2.35. The number of urea groups is 4. The molecule has 9 rings (SSSR count).